The van der Waals surface area contributed by atoms with Gasteiger partial charge in [-0.25, -0.2) is 0 Å². The predicted octanol–water partition coefficient (Wildman–Crippen LogP) is 16.5. The molecule has 0 aromatic carbocycles. The first-order valence-electron chi connectivity index (χ1n) is 27.2. The van der Waals surface area contributed by atoms with E-state index in [1.807, 2.05) is 0 Å². The van der Waals surface area contributed by atoms with E-state index < -0.39 is 12.1 Å². The van der Waals surface area contributed by atoms with Crippen LogP contribution in [-0.2, 0) is 14.3 Å². The van der Waals surface area contributed by atoms with Gasteiger partial charge in [-0.15, -0.1) is 0 Å². The monoisotopic (exact) mass is 872 g/mol. The Morgan fingerprint density at radius 3 is 1.31 bits per heavy atom. The van der Waals surface area contributed by atoms with E-state index in [1.165, 1.54) is 167 Å². The average molecular weight is 872 g/mol. The maximum Gasteiger partial charge on any atom is 0.305 e. The fraction of sp³-hybridized carbons (Fsp3) is 0.857. The van der Waals surface area contributed by atoms with Gasteiger partial charge in [-0.2, -0.15) is 0 Å². The van der Waals surface area contributed by atoms with Crippen LogP contribution in [0.1, 0.15) is 284 Å². The van der Waals surface area contributed by atoms with E-state index in [0.29, 0.717) is 25.9 Å². The van der Waals surface area contributed by atoms with Crippen molar-refractivity contribution >= 4 is 11.9 Å². The maximum atomic E-state index is 12.5. The van der Waals surface area contributed by atoms with Crippen molar-refractivity contribution in [1.82, 2.24) is 5.32 Å². The molecule has 0 heterocycles. The second-order valence-electron chi connectivity index (χ2n) is 18.6. The molecule has 0 saturated heterocycles. The van der Waals surface area contributed by atoms with Crippen LogP contribution in [0.4, 0.5) is 0 Å². The van der Waals surface area contributed by atoms with Crippen molar-refractivity contribution in [2.24, 2.45) is 0 Å². The van der Waals surface area contributed by atoms with E-state index in [4.69, 9.17) is 4.74 Å². The highest BCUT2D eigenvalue weighted by Crippen LogP contribution is 2.16. The standard InChI is InChI=1S/C56H105NO5/c1-3-5-7-9-11-13-15-17-19-20-21-22-24-28-32-36-40-44-48-54(59)53(52-58)57-55(60)49-45-41-37-33-29-25-23-27-31-35-39-43-47-51-62-56(61)50-46-42-38-34-30-26-18-16-14-12-10-8-6-4-2/h10,12,16,18,25,29,53-54,58-59H,3-9,11,13-15,17,19-24,26-28,30-52H2,1-2H3,(H,57,60)/b12-10-,18-16-,29-25-. The third-order valence-electron chi connectivity index (χ3n) is 12.4. The van der Waals surface area contributed by atoms with E-state index >= 15 is 0 Å². The number of aliphatic hydroxyl groups excluding tert-OH is 2. The van der Waals surface area contributed by atoms with Crippen molar-refractivity contribution in [3.05, 3.63) is 36.5 Å². The lowest BCUT2D eigenvalue weighted by Gasteiger charge is -2.22. The van der Waals surface area contributed by atoms with Crippen molar-refractivity contribution in [1.29, 1.82) is 0 Å². The third-order valence-corrected chi connectivity index (χ3v) is 12.4. The maximum absolute atomic E-state index is 12.5. The van der Waals surface area contributed by atoms with E-state index in [0.717, 1.165) is 83.5 Å². The van der Waals surface area contributed by atoms with E-state index in [-0.39, 0.29) is 18.5 Å². The highest BCUT2D eigenvalue weighted by molar-refractivity contribution is 5.76. The Hall–Kier alpha value is -1.92. The summed E-state index contributed by atoms with van der Waals surface area (Å²) in [5.74, 6) is -0.0920. The minimum atomic E-state index is -0.683. The normalized spacial score (nSPS) is 12.9. The number of rotatable bonds is 50. The van der Waals surface area contributed by atoms with Crippen molar-refractivity contribution in [2.75, 3.05) is 13.2 Å². The molecule has 0 aromatic heterocycles. The zero-order valence-corrected chi connectivity index (χ0v) is 41.4. The van der Waals surface area contributed by atoms with E-state index in [2.05, 4.69) is 55.6 Å². The number of hydrogen-bond donors (Lipinski definition) is 3. The fourth-order valence-electron chi connectivity index (χ4n) is 8.18. The molecule has 0 bridgehead atoms. The molecule has 6 nitrogen and oxygen atoms in total. The summed E-state index contributed by atoms with van der Waals surface area (Å²) in [6.07, 6.45) is 62.6. The van der Waals surface area contributed by atoms with Crippen LogP contribution in [0.25, 0.3) is 0 Å². The van der Waals surface area contributed by atoms with Gasteiger partial charge < -0.3 is 20.3 Å². The van der Waals surface area contributed by atoms with Crippen LogP contribution in [-0.4, -0.2) is 47.4 Å². The molecule has 364 valence electrons. The number of nitrogens with one attached hydrogen (secondary N) is 1. The summed E-state index contributed by atoms with van der Waals surface area (Å²) in [4.78, 5) is 24.5. The minimum absolute atomic E-state index is 0.0273. The van der Waals surface area contributed by atoms with Gasteiger partial charge >= 0.3 is 5.97 Å². The molecule has 2 atom stereocenters. The Balaban J connectivity index is 3.51. The van der Waals surface area contributed by atoms with Crippen molar-refractivity contribution in [3.8, 4) is 0 Å². The molecule has 0 aromatic rings. The lowest BCUT2D eigenvalue weighted by atomic mass is 10.0. The summed E-state index contributed by atoms with van der Waals surface area (Å²) in [6, 6.07) is -0.563. The number of allylic oxidation sites excluding steroid dienone is 6. The Bertz CT molecular complexity index is 1010. The molecule has 0 aliphatic carbocycles. The van der Waals surface area contributed by atoms with Gasteiger partial charge in [0.25, 0.3) is 0 Å². The molecule has 0 aliphatic rings. The first-order chi connectivity index (χ1) is 30.5. The summed E-state index contributed by atoms with van der Waals surface area (Å²) in [6.45, 7) is 4.87. The average Bonchev–Trinajstić information content (AvgIpc) is 3.27. The molecule has 1 amide bonds. The van der Waals surface area contributed by atoms with Gasteiger partial charge in [0, 0.05) is 12.8 Å². The highest BCUT2D eigenvalue weighted by Gasteiger charge is 2.20. The summed E-state index contributed by atoms with van der Waals surface area (Å²) in [5, 5.41) is 23.3. The summed E-state index contributed by atoms with van der Waals surface area (Å²) in [7, 11) is 0. The Labute approximate surface area is 385 Å². The topological polar surface area (TPSA) is 95.9 Å². The predicted molar refractivity (Wildman–Crippen MR) is 269 cm³/mol. The molecule has 2 unspecified atom stereocenters. The van der Waals surface area contributed by atoms with Gasteiger partial charge in [0.05, 0.1) is 25.4 Å². The fourth-order valence-corrected chi connectivity index (χ4v) is 8.18. The Morgan fingerprint density at radius 2 is 0.823 bits per heavy atom. The van der Waals surface area contributed by atoms with Crippen LogP contribution in [0.15, 0.2) is 36.5 Å². The second-order valence-corrected chi connectivity index (χ2v) is 18.6. The van der Waals surface area contributed by atoms with Crippen molar-refractivity contribution < 1.29 is 24.5 Å². The molecule has 0 radical (unpaired) electrons. The van der Waals surface area contributed by atoms with Gasteiger partial charge in [0.15, 0.2) is 0 Å². The molecule has 0 fully saturated rings. The second kappa shape index (κ2) is 51.7. The largest absolute Gasteiger partial charge is 0.466 e. The van der Waals surface area contributed by atoms with Crippen LogP contribution in [0.5, 0.6) is 0 Å². The zero-order chi connectivity index (χ0) is 45.1. The van der Waals surface area contributed by atoms with Gasteiger partial charge in [0.1, 0.15) is 0 Å². The van der Waals surface area contributed by atoms with Crippen LogP contribution in [0.3, 0.4) is 0 Å². The lowest BCUT2D eigenvalue weighted by Crippen LogP contribution is -2.45. The van der Waals surface area contributed by atoms with Gasteiger partial charge in [-0.05, 0) is 77.0 Å². The lowest BCUT2D eigenvalue weighted by molar-refractivity contribution is -0.143. The molecule has 0 aliphatic heterocycles. The molecule has 3 N–H and O–H groups in total. The Kier molecular flexibility index (Phi) is 50.1. The number of aliphatic hydroxyl groups is 2. The van der Waals surface area contributed by atoms with Crippen LogP contribution < -0.4 is 5.32 Å². The summed E-state index contributed by atoms with van der Waals surface area (Å²) in [5.41, 5.74) is 0. The Morgan fingerprint density at radius 1 is 0.452 bits per heavy atom. The van der Waals surface area contributed by atoms with Crippen LogP contribution >= 0.6 is 0 Å². The number of carbonyl (C=O) groups is 2. The highest BCUT2D eigenvalue weighted by atomic mass is 16.5. The molecule has 0 spiro atoms. The molecular weight excluding hydrogens is 767 g/mol. The van der Waals surface area contributed by atoms with Gasteiger partial charge in [-0.1, -0.05) is 230 Å². The van der Waals surface area contributed by atoms with E-state index in [1.54, 1.807) is 0 Å². The zero-order valence-electron chi connectivity index (χ0n) is 41.4. The number of unbranched alkanes of at least 4 members (excludes halogenated alkanes) is 33. The summed E-state index contributed by atoms with van der Waals surface area (Å²) < 4.78 is 5.45. The number of amides is 1. The number of ether oxygens (including phenoxy) is 1. The number of hydrogen-bond acceptors (Lipinski definition) is 5. The molecule has 0 saturated carbocycles. The van der Waals surface area contributed by atoms with Crippen molar-refractivity contribution in [3.63, 3.8) is 0 Å². The van der Waals surface area contributed by atoms with Gasteiger partial charge in [0.2, 0.25) is 5.91 Å². The van der Waals surface area contributed by atoms with Crippen LogP contribution in [0, 0.1) is 0 Å². The molecule has 6 heteroatoms. The number of esters is 1. The number of carbonyl (C=O) groups excluding carboxylic acids is 2. The first kappa shape index (κ1) is 60.1. The molecule has 62 heavy (non-hydrogen) atoms. The quantitative estimate of drug-likeness (QED) is 0.0321. The first-order valence-corrected chi connectivity index (χ1v) is 27.2. The SMILES string of the molecule is CCCC/C=C\C/C=C\CCCCCCCC(=O)OCCCCCCCC/C=C\CCCCCC(=O)NC(CO)C(O)CCCCCCCCCCCCCCCCCCCC. The molecular formula is C56H105NO5. The van der Waals surface area contributed by atoms with Gasteiger partial charge in [-0.3, -0.25) is 9.59 Å². The summed E-state index contributed by atoms with van der Waals surface area (Å²) >= 11 is 0. The molecule has 0 rings (SSSR count). The third kappa shape index (κ3) is 47.6. The minimum Gasteiger partial charge on any atom is -0.466 e. The van der Waals surface area contributed by atoms with E-state index in [9.17, 15) is 19.8 Å². The van der Waals surface area contributed by atoms with Crippen LogP contribution in [0.2, 0.25) is 0 Å². The van der Waals surface area contributed by atoms with Crippen molar-refractivity contribution in [2.45, 2.75) is 296 Å². The smallest absolute Gasteiger partial charge is 0.305 e.